The van der Waals surface area contributed by atoms with Gasteiger partial charge in [0.15, 0.2) is 0 Å². The number of rotatable bonds is 2. The molecule has 0 N–H and O–H groups in total. The Morgan fingerprint density at radius 2 is 2.00 bits per heavy atom. The molecular weight excluding hydrogens is 291 g/mol. The average molecular weight is 299 g/mol. The molecule has 0 unspecified atom stereocenters. The van der Waals surface area contributed by atoms with Gasteiger partial charge in [-0.15, -0.1) is 0 Å². The molecule has 1 heterocycles. The van der Waals surface area contributed by atoms with E-state index in [0.717, 1.165) is 0 Å². The Kier molecular flexibility index (Phi) is 3.87. The smallest absolute Gasteiger partial charge is 0.362 e. The monoisotopic (exact) mass is 298 g/mol. The van der Waals surface area contributed by atoms with Crippen LogP contribution in [-0.2, 0) is 4.74 Å². The molecular formula is C12H8Cl2N2O3. The molecule has 98 valence electrons. The fraction of sp³-hybridized carbons (Fsp3) is 0.0833. The molecule has 0 bridgehead atoms. The third-order valence-corrected chi connectivity index (χ3v) is 3.09. The molecule has 5 nitrogen and oxygen atoms in total. The van der Waals surface area contributed by atoms with Gasteiger partial charge in [-0.25, -0.2) is 9.48 Å². The fourth-order valence-corrected chi connectivity index (χ4v) is 1.71. The maximum atomic E-state index is 11.5. The summed E-state index contributed by atoms with van der Waals surface area (Å²) >= 11 is 11.7. The SMILES string of the molecule is COC(=O)c1nn(-c2ccc(Cl)c(Cl)c2)ccc1=O. The van der Waals surface area contributed by atoms with Crippen LogP contribution in [0.3, 0.4) is 0 Å². The fourth-order valence-electron chi connectivity index (χ4n) is 1.42. The molecule has 1 aromatic heterocycles. The van der Waals surface area contributed by atoms with Crippen LogP contribution in [0.25, 0.3) is 5.69 Å². The summed E-state index contributed by atoms with van der Waals surface area (Å²) in [6.45, 7) is 0. The van der Waals surface area contributed by atoms with Crippen LogP contribution in [0.15, 0.2) is 35.3 Å². The normalized spacial score (nSPS) is 10.3. The van der Waals surface area contributed by atoms with Crippen molar-refractivity contribution in [2.24, 2.45) is 0 Å². The van der Waals surface area contributed by atoms with Crippen LogP contribution in [-0.4, -0.2) is 22.9 Å². The molecule has 0 spiro atoms. The van der Waals surface area contributed by atoms with Gasteiger partial charge < -0.3 is 4.74 Å². The molecule has 0 saturated carbocycles. The Bertz CT molecular complexity index is 698. The molecule has 0 fully saturated rings. The van der Waals surface area contributed by atoms with Gasteiger partial charge in [0.05, 0.1) is 22.8 Å². The molecule has 0 aliphatic heterocycles. The van der Waals surface area contributed by atoms with Crippen molar-refractivity contribution in [1.82, 2.24) is 9.78 Å². The third kappa shape index (κ3) is 2.77. The Balaban J connectivity index is 2.54. The van der Waals surface area contributed by atoms with E-state index < -0.39 is 11.4 Å². The number of halogens is 2. The van der Waals surface area contributed by atoms with Gasteiger partial charge in [-0.3, -0.25) is 4.79 Å². The van der Waals surface area contributed by atoms with Crippen molar-refractivity contribution in [2.75, 3.05) is 7.11 Å². The highest BCUT2D eigenvalue weighted by atomic mass is 35.5. The molecule has 0 saturated heterocycles. The number of aromatic nitrogens is 2. The number of carbonyl (C=O) groups excluding carboxylic acids is 1. The van der Waals surface area contributed by atoms with Crippen molar-refractivity contribution in [3.8, 4) is 5.69 Å². The highest BCUT2D eigenvalue weighted by Gasteiger charge is 2.13. The topological polar surface area (TPSA) is 61.2 Å². The van der Waals surface area contributed by atoms with E-state index in [-0.39, 0.29) is 5.69 Å². The van der Waals surface area contributed by atoms with Gasteiger partial charge in [-0.1, -0.05) is 23.2 Å². The van der Waals surface area contributed by atoms with E-state index in [4.69, 9.17) is 23.2 Å². The lowest BCUT2D eigenvalue weighted by Gasteiger charge is -2.07. The van der Waals surface area contributed by atoms with E-state index in [1.165, 1.54) is 24.1 Å². The highest BCUT2D eigenvalue weighted by Crippen LogP contribution is 2.23. The zero-order chi connectivity index (χ0) is 14.0. The molecule has 19 heavy (non-hydrogen) atoms. The molecule has 0 amide bonds. The molecule has 0 aliphatic rings. The summed E-state index contributed by atoms with van der Waals surface area (Å²) in [5.41, 5.74) is -0.237. The maximum absolute atomic E-state index is 11.5. The molecule has 1 aromatic carbocycles. The Morgan fingerprint density at radius 1 is 1.26 bits per heavy atom. The maximum Gasteiger partial charge on any atom is 0.362 e. The molecule has 2 aromatic rings. The van der Waals surface area contributed by atoms with Crippen LogP contribution in [0.4, 0.5) is 0 Å². The summed E-state index contributed by atoms with van der Waals surface area (Å²) in [6.07, 6.45) is 1.42. The first-order valence-corrected chi connectivity index (χ1v) is 5.92. The molecule has 0 aliphatic carbocycles. The minimum Gasteiger partial charge on any atom is -0.464 e. The predicted molar refractivity (Wildman–Crippen MR) is 71.2 cm³/mol. The summed E-state index contributed by atoms with van der Waals surface area (Å²) < 4.78 is 5.83. The number of esters is 1. The third-order valence-electron chi connectivity index (χ3n) is 2.35. The van der Waals surface area contributed by atoms with Crippen molar-refractivity contribution in [3.63, 3.8) is 0 Å². The standard InChI is InChI=1S/C12H8Cl2N2O3/c1-19-12(18)11-10(17)4-5-16(15-11)7-2-3-8(13)9(14)6-7/h2-6H,1H3. The molecule has 0 radical (unpaired) electrons. The van der Waals surface area contributed by atoms with E-state index in [1.807, 2.05) is 0 Å². The number of hydrogen-bond donors (Lipinski definition) is 0. The minimum atomic E-state index is -0.792. The summed E-state index contributed by atoms with van der Waals surface area (Å²) in [4.78, 5) is 22.9. The van der Waals surface area contributed by atoms with Crippen molar-refractivity contribution in [1.29, 1.82) is 0 Å². The first-order valence-electron chi connectivity index (χ1n) is 5.16. The van der Waals surface area contributed by atoms with Crippen LogP contribution < -0.4 is 5.43 Å². The number of nitrogens with zero attached hydrogens (tertiary/aromatic N) is 2. The van der Waals surface area contributed by atoms with Crippen molar-refractivity contribution >= 4 is 29.2 Å². The quantitative estimate of drug-likeness (QED) is 0.798. The van der Waals surface area contributed by atoms with Gasteiger partial charge >= 0.3 is 5.97 Å². The molecule has 2 rings (SSSR count). The number of methoxy groups -OCH3 is 1. The Morgan fingerprint density at radius 3 is 2.63 bits per heavy atom. The summed E-state index contributed by atoms with van der Waals surface area (Å²) in [6, 6.07) is 6.05. The zero-order valence-corrected chi connectivity index (χ0v) is 11.3. The summed E-state index contributed by atoms with van der Waals surface area (Å²) in [5.74, 6) is -0.792. The van der Waals surface area contributed by atoms with E-state index in [0.29, 0.717) is 15.7 Å². The van der Waals surface area contributed by atoms with Gasteiger partial charge in [0.2, 0.25) is 11.1 Å². The lowest BCUT2D eigenvalue weighted by molar-refractivity contribution is 0.0590. The minimum absolute atomic E-state index is 0.295. The molecule has 0 atom stereocenters. The average Bonchev–Trinajstić information content (AvgIpc) is 2.41. The van der Waals surface area contributed by atoms with Gasteiger partial charge in [0.1, 0.15) is 0 Å². The van der Waals surface area contributed by atoms with Crippen LogP contribution in [0, 0.1) is 0 Å². The van der Waals surface area contributed by atoms with E-state index in [1.54, 1.807) is 18.2 Å². The van der Waals surface area contributed by atoms with Crippen molar-refractivity contribution < 1.29 is 9.53 Å². The Labute approximate surface area is 118 Å². The van der Waals surface area contributed by atoms with Crippen LogP contribution in [0.1, 0.15) is 10.5 Å². The van der Waals surface area contributed by atoms with E-state index in [9.17, 15) is 9.59 Å². The van der Waals surface area contributed by atoms with Crippen LogP contribution in [0.5, 0.6) is 0 Å². The first kappa shape index (κ1) is 13.6. The van der Waals surface area contributed by atoms with Crippen molar-refractivity contribution in [3.05, 3.63) is 56.4 Å². The van der Waals surface area contributed by atoms with Gasteiger partial charge in [0, 0.05) is 12.3 Å². The largest absolute Gasteiger partial charge is 0.464 e. The Hall–Kier alpha value is -1.85. The summed E-state index contributed by atoms with van der Waals surface area (Å²) in [5, 5.41) is 4.66. The van der Waals surface area contributed by atoms with Crippen molar-refractivity contribution in [2.45, 2.75) is 0 Å². The zero-order valence-electron chi connectivity index (χ0n) is 9.76. The van der Waals surface area contributed by atoms with Gasteiger partial charge in [-0.05, 0) is 18.2 Å². The van der Waals surface area contributed by atoms with Gasteiger partial charge in [-0.2, -0.15) is 5.10 Å². The van der Waals surface area contributed by atoms with E-state index in [2.05, 4.69) is 9.84 Å². The number of carbonyl (C=O) groups is 1. The second kappa shape index (κ2) is 5.42. The van der Waals surface area contributed by atoms with Gasteiger partial charge in [0.25, 0.3) is 0 Å². The molecule has 7 heteroatoms. The second-order valence-corrected chi connectivity index (χ2v) is 4.38. The lowest BCUT2D eigenvalue weighted by Crippen LogP contribution is -2.21. The predicted octanol–water partition coefficient (Wildman–Crippen LogP) is 2.33. The lowest BCUT2D eigenvalue weighted by atomic mass is 10.3. The highest BCUT2D eigenvalue weighted by molar-refractivity contribution is 6.42. The van der Waals surface area contributed by atoms with E-state index >= 15 is 0 Å². The van der Waals surface area contributed by atoms with Crippen LogP contribution >= 0.6 is 23.2 Å². The first-order chi connectivity index (χ1) is 9.02. The summed E-state index contributed by atoms with van der Waals surface area (Å²) in [7, 11) is 1.18. The second-order valence-electron chi connectivity index (χ2n) is 3.56. The number of hydrogen-bond acceptors (Lipinski definition) is 4. The number of benzene rings is 1. The number of ether oxygens (including phenoxy) is 1. The van der Waals surface area contributed by atoms with Crippen LogP contribution in [0.2, 0.25) is 10.0 Å².